The zero-order valence-corrected chi connectivity index (χ0v) is 20.0. The third-order valence-corrected chi connectivity index (χ3v) is 4.04. The van der Waals surface area contributed by atoms with Gasteiger partial charge in [-0.25, -0.2) is 4.99 Å². The maximum atomic E-state index is 12.4. The van der Waals surface area contributed by atoms with E-state index in [2.05, 4.69) is 25.8 Å². The van der Waals surface area contributed by atoms with Crippen molar-refractivity contribution in [3.63, 3.8) is 0 Å². The number of ether oxygens (including phenoxy) is 2. The number of nitrogens with one attached hydrogen (secondary N) is 2. The van der Waals surface area contributed by atoms with Gasteiger partial charge in [0.2, 0.25) is 0 Å². The molecule has 1 aromatic carbocycles. The number of halogens is 4. The Morgan fingerprint density at radius 2 is 1.97 bits per heavy atom. The van der Waals surface area contributed by atoms with Crippen molar-refractivity contribution in [3.05, 3.63) is 35.9 Å². The Kier molecular flexibility index (Phi) is 11.4. The highest BCUT2D eigenvalue weighted by Gasteiger charge is 2.29. The molecule has 0 saturated carbocycles. The maximum Gasteiger partial charge on any atom is 0.422 e. The van der Waals surface area contributed by atoms with Crippen LogP contribution < -0.4 is 20.1 Å². The van der Waals surface area contributed by atoms with Crippen LogP contribution in [0, 0.1) is 0 Å². The molecule has 0 fully saturated rings. The molecule has 0 radical (unpaired) electrons. The second-order valence-electron chi connectivity index (χ2n) is 6.31. The topological polar surface area (TPSA) is 85.6 Å². The van der Waals surface area contributed by atoms with Gasteiger partial charge in [-0.15, -0.1) is 34.2 Å². The molecule has 174 valence electrons. The third kappa shape index (κ3) is 9.19. The second kappa shape index (κ2) is 13.2. The summed E-state index contributed by atoms with van der Waals surface area (Å²) in [7, 11) is 1.38. The summed E-state index contributed by atoms with van der Waals surface area (Å²) in [6.07, 6.45) is -1.91. The Morgan fingerprint density at radius 1 is 1.19 bits per heavy atom. The molecule has 31 heavy (non-hydrogen) atoms. The molecule has 0 atom stereocenters. The number of aromatic nitrogens is 3. The predicted molar refractivity (Wildman–Crippen MR) is 122 cm³/mol. The number of hydrogen-bond acceptors (Lipinski definition) is 5. The first-order valence-corrected chi connectivity index (χ1v) is 9.61. The molecule has 1 aromatic heterocycles. The summed E-state index contributed by atoms with van der Waals surface area (Å²) in [5.41, 5.74) is 0.774. The molecule has 2 rings (SSSR count). The quantitative estimate of drug-likeness (QED) is 0.266. The minimum absolute atomic E-state index is 0. The van der Waals surface area contributed by atoms with E-state index in [1.807, 2.05) is 18.4 Å². The van der Waals surface area contributed by atoms with Crippen LogP contribution in [0.4, 0.5) is 13.2 Å². The summed E-state index contributed by atoms with van der Waals surface area (Å²) in [6.45, 7) is 4.94. The van der Waals surface area contributed by atoms with Crippen LogP contribution in [0.15, 0.2) is 29.5 Å². The fourth-order valence-electron chi connectivity index (χ4n) is 2.64. The first kappa shape index (κ1) is 26.8. The van der Waals surface area contributed by atoms with E-state index in [0.717, 1.165) is 17.8 Å². The number of alkyl halides is 3. The summed E-state index contributed by atoms with van der Waals surface area (Å²) in [4.78, 5) is 4.51. The van der Waals surface area contributed by atoms with Gasteiger partial charge < -0.3 is 24.7 Å². The van der Waals surface area contributed by atoms with E-state index >= 15 is 0 Å². The van der Waals surface area contributed by atoms with E-state index < -0.39 is 12.8 Å². The van der Waals surface area contributed by atoms with Crippen molar-refractivity contribution in [2.45, 2.75) is 39.5 Å². The second-order valence-corrected chi connectivity index (χ2v) is 6.31. The average Bonchev–Trinajstić information content (AvgIpc) is 3.17. The summed E-state index contributed by atoms with van der Waals surface area (Å²) in [6, 6.07) is 4.73. The average molecular weight is 556 g/mol. The molecule has 1 heterocycles. The summed E-state index contributed by atoms with van der Waals surface area (Å²) in [5.74, 6) is 1.80. The number of hydrogen-bond donors (Lipinski definition) is 2. The van der Waals surface area contributed by atoms with Crippen LogP contribution in [0.2, 0.25) is 0 Å². The van der Waals surface area contributed by atoms with E-state index in [1.165, 1.54) is 13.2 Å². The summed E-state index contributed by atoms with van der Waals surface area (Å²) in [5, 5.41) is 14.4. The lowest BCUT2D eigenvalue weighted by molar-refractivity contribution is -0.153. The molecule has 0 aliphatic heterocycles. The van der Waals surface area contributed by atoms with Crippen molar-refractivity contribution in [3.8, 4) is 11.5 Å². The molecule has 0 aliphatic carbocycles. The molecule has 0 bridgehead atoms. The number of guanidine groups is 1. The molecule has 0 amide bonds. The number of nitrogens with zero attached hydrogens (tertiary/aromatic N) is 4. The monoisotopic (exact) mass is 556 g/mol. The molecule has 8 nitrogen and oxygen atoms in total. The molecule has 12 heteroatoms. The van der Waals surface area contributed by atoms with Crippen LogP contribution in [0.1, 0.15) is 25.2 Å². The van der Waals surface area contributed by atoms with E-state index in [4.69, 9.17) is 9.47 Å². The number of rotatable bonds is 10. The van der Waals surface area contributed by atoms with Gasteiger partial charge in [0.15, 0.2) is 24.1 Å². The smallest absolute Gasteiger partial charge is 0.422 e. The number of aryl methyl sites for hydroxylation is 1. The van der Waals surface area contributed by atoms with Crippen LogP contribution in [0.3, 0.4) is 0 Å². The normalized spacial score (nSPS) is 11.6. The highest BCUT2D eigenvalue weighted by molar-refractivity contribution is 14.0. The summed E-state index contributed by atoms with van der Waals surface area (Å²) < 4.78 is 49.0. The minimum Gasteiger partial charge on any atom is -0.493 e. The van der Waals surface area contributed by atoms with Crippen LogP contribution in [-0.2, 0) is 19.5 Å². The Balaban J connectivity index is 0.00000480. The molecular weight excluding hydrogens is 528 g/mol. The van der Waals surface area contributed by atoms with E-state index in [9.17, 15) is 13.2 Å². The van der Waals surface area contributed by atoms with Crippen molar-refractivity contribution < 1.29 is 22.6 Å². The van der Waals surface area contributed by atoms with Crippen molar-refractivity contribution in [1.82, 2.24) is 25.4 Å². The standard InChI is InChI=1S/C19H27F3N6O2.HI/c1-4-17-27-26-13-28(17)9-8-24-18(23-5-2)25-11-14-6-7-15(16(10-14)29-3)30-12-19(20,21)22;/h6-7,10,13H,4-5,8-9,11-12H2,1-3H3,(H2,23,24,25);1H. The Labute approximate surface area is 196 Å². The van der Waals surface area contributed by atoms with Crippen LogP contribution in [0.5, 0.6) is 11.5 Å². The molecule has 0 unspecified atom stereocenters. The Morgan fingerprint density at radius 3 is 2.61 bits per heavy atom. The lowest BCUT2D eigenvalue weighted by Crippen LogP contribution is -2.38. The van der Waals surface area contributed by atoms with Gasteiger partial charge >= 0.3 is 6.18 Å². The van der Waals surface area contributed by atoms with Crippen molar-refractivity contribution in [2.24, 2.45) is 4.99 Å². The van der Waals surface area contributed by atoms with Gasteiger partial charge in [0, 0.05) is 26.1 Å². The van der Waals surface area contributed by atoms with Gasteiger partial charge in [-0.3, -0.25) is 0 Å². The van der Waals surface area contributed by atoms with E-state index in [0.29, 0.717) is 32.1 Å². The molecule has 2 N–H and O–H groups in total. The minimum atomic E-state index is -4.41. The van der Waals surface area contributed by atoms with Crippen molar-refractivity contribution in [1.29, 1.82) is 0 Å². The first-order valence-electron chi connectivity index (χ1n) is 9.61. The van der Waals surface area contributed by atoms with Gasteiger partial charge in [-0.1, -0.05) is 13.0 Å². The third-order valence-electron chi connectivity index (χ3n) is 4.04. The number of aliphatic imine (C=N–C) groups is 1. The lowest BCUT2D eigenvalue weighted by atomic mass is 10.2. The lowest BCUT2D eigenvalue weighted by Gasteiger charge is -2.14. The Bertz CT molecular complexity index is 829. The molecule has 0 aliphatic rings. The van der Waals surface area contributed by atoms with Gasteiger partial charge in [0.25, 0.3) is 0 Å². The van der Waals surface area contributed by atoms with Gasteiger partial charge in [-0.2, -0.15) is 13.2 Å². The molecule has 2 aromatic rings. The summed E-state index contributed by atoms with van der Waals surface area (Å²) >= 11 is 0. The van der Waals surface area contributed by atoms with Crippen LogP contribution >= 0.6 is 24.0 Å². The fourth-order valence-corrected chi connectivity index (χ4v) is 2.64. The maximum absolute atomic E-state index is 12.4. The first-order chi connectivity index (χ1) is 14.4. The highest BCUT2D eigenvalue weighted by Crippen LogP contribution is 2.30. The highest BCUT2D eigenvalue weighted by atomic mass is 127. The van der Waals surface area contributed by atoms with Crippen LogP contribution in [-0.4, -0.2) is 53.7 Å². The zero-order chi connectivity index (χ0) is 22.0. The molecule has 0 spiro atoms. The largest absolute Gasteiger partial charge is 0.493 e. The van der Waals surface area contributed by atoms with E-state index in [-0.39, 0.29) is 35.5 Å². The van der Waals surface area contributed by atoms with Crippen LogP contribution in [0.25, 0.3) is 0 Å². The van der Waals surface area contributed by atoms with E-state index in [1.54, 1.807) is 18.5 Å². The predicted octanol–water partition coefficient (Wildman–Crippen LogP) is 3.16. The van der Waals surface area contributed by atoms with Crippen molar-refractivity contribution >= 4 is 29.9 Å². The number of methoxy groups -OCH3 is 1. The SMILES string of the molecule is CCNC(=NCc1ccc(OCC(F)(F)F)c(OC)c1)NCCn1cnnc1CC.I. The van der Waals surface area contributed by atoms with Gasteiger partial charge in [0.05, 0.1) is 13.7 Å². The molecular formula is C19H28F3IN6O2. The fraction of sp³-hybridized carbons (Fsp3) is 0.526. The number of benzene rings is 1. The zero-order valence-electron chi connectivity index (χ0n) is 17.7. The van der Waals surface area contributed by atoms with Crippen molar-refractivity contribution in [2.75, 3.05) is 26.8 Å². The Hall–Kier alpha value is -2.25. The van der Waals surface area contributed by atoms with Gasteiger partial charge in [0.1, 0.15) is 12.2 Å². The molecule has 0 saturated heterocycles. The van der Waals surface area contributed by atoms with Gasteiger partial charge in [-0.05, 0) is 24.6 Å².